The maximum absolute atomic E-state index is 9.17. The van der Waals surface area contributed by atoms with E-state index in [1.165, 1.54) is 0 Å². The van der Waals surface area contributed by atoms with Crippen LogP contribution in [0.3, 0.4) is 0 Å². The molecule has 2 rings (SSSR count). The normalized spacial score (nSPS) is 18.4. The first-order valence-electron chi connectivity index (χ1n) is 4.86. The number of nitriles is 1. The van der Waals surface area contributed by atoms with E-state index >= 15 is 0 Å². The zero-order valence-corrected chi connectivity index (χ0v) is 8.93. The van der Waals surface area contributed by atoms with Crippen LogP contribution < -0.4 is 0 Å². The highest BCUT2D eigenvalue weighted by Gasteiger charge is 2.38. The first-order chi connectivity index (χ1) is 6.68. The van der Waals surface area contributed by atoms with Gasteiger partial charge in [-0.3, -0.25) is 0 Å². The third-order valence-electron chi connectivity index (χ3n) is 3.13. The van der Waals surface area contributed by atoms with E-state index in [-0.39, 0.29) is 5.41 Å². The van der Waals surface area contributed by atoms with Crippen LogP contribution in [0.15, 0.2) is 18.2 Å². The molecule has 0 aromatic heterocycles. The molecule has 0 radical (unpaired) electrons. The van der Waals surface area contributed by atoms with E-state index in [1.807, 2.05) is 25.1 Å². The van der Waals surface area contributed by atoms with Crippen molar-refractivity contribution < 1.29 is 0 Å². The molecule has 0 heterocycles. The summed E-state index contributed by atoms with van der Waals surface area (Å²) < 4.78 is 0. The van der Waals surface area contributed by atoms with Gasteiger partial charge in [0, 0.05) is 5.02 Å². The molecular formula is C12H12ClN. The Hall–Kier alpha value is -1.000. The lowest BCUT2D eigenvalue weighted by Crippen LogP contribution is -2.32. The topological polar surface area (TPSA) is 23.8 Å². The molecule has 1 aliphatic rings. The minimum Gasteiger partial charge on any atom is -0.197 e. The van der Waals surface area contributed by atoms with Crippen LogP contribution in [0.1, 0.15) is 30.4 Å². The Morgan fingerprint density at radius 1 is 1.43 bits per heavy atom. The van der Waals surface area contributed by atoms with E-state index in [2.05, 4.69) is 6.07 Å². The molecule has 2 heteroatoms. The highest BCUT2D eigenvalue weighted by Crippen LogP contribution is 2.43. The van der Waals surface area contributed by atoms with Crippen molar-refractivity contribution in [3.63, 3.8) is 0 Å². The highest BCUT2D eigenvalue weighted by molar-refractivity contribution is 6.31. The van der Waals surface area contributed by atoms with Gasteiger partial charge in [-0.05, 0) is 43.4 Å². The predicted octanol–water partition coefficient (Wildman–Crippen LogP) is 3.59. The van der Waals surface area contributed by atoms with Crippen molar-refractivity contribution in [2.45, 2.75) is 31.6 Å². The number of halogens is 1. The van der Waals surface area contributed by atoms with Crippen molar-refractivity contribution >= 4 is 11.6 Å². The van der Waals surface area contributed by atoms with Crippen LogP contribution in [0, 0.1) is 18.3 Å². The molecule has 0 amide bonds. The van der Waals surface area contributed by atoms with E-state index in [9.17, 15) is 0 Å². The Balaban J connectivity index is 2.42. The van der Waals surface area contributed by atoms with E-state index in [0.29, 0.717) is 0 Å². The quantitative estimate of drug-likeness (QED) is 0.688. The molecule has 0 atom stereocenters. The zero-order valence-electron chi connectivity index (χ0n) is 8.18. The van der Waals surface area contributed by atoms with Crippen LogP contribution in [0.4, 0.5) is 0 Å². The van der Waals surface area contributed by atoms with Gasteiger partial charge in [0.15, 0.2) is 0 Å². The summed E-state index contributed by atoms with van der Waals surface area (Å²) in [5.41, 5.74) is 1.98. The number of hydrogen-bond donors (Lipinski definition) is 0. The summed E-state index contributed by atoms with van der Waals surface area (Å²) in [6.07, 6.45) is 3.14. The van der Waals surface area contributed by atoms with Crippen LogP contribution in [0.25, 0.3) is 0 Å². The van der Waals surface area contributed by atoms with Gasteiger partial charge in [0.2, 0.25) is 0 Å². The van der Waals surface area contributed by atoms with Gasteiger partial charge < -0.3 is 0 Å². The molecule has 1 aromatic carbocycles. The summed E-state index contributed by atoms with van der Waals surface area (Å²) in [7, 11) is 0. The van der Waals surface area contributed by atoms with E-state index < -0.39 is 0 Å². The fourth-order valence-electron chi connectivity index (χ4n) is 1.94. The molecule has 1 aromatic rings. The molecular weight excluding hydrogens is 194 g/mol. The van der Waals surface area contributed by atoms with Crippen molar-refractivity contribution in [2.75, 3.05) is 0 Å². The zero-order chi connectivity index (χ0) is 10.2. The largest absolute Gasteiger partial charge is 0.197 e. The first-order valence-corrected chi connectivity index (χ1v) is 5.24. The summed E-state index contributed by atoms with van der Waals surface area (Å²) in [5, 5.41) is 9.95. The molecule has 0 unspecified atom stereocenters. The summed E-state index contributed by atoms with van der Waals surface area (Å²) in [5.74, 6) is 0. The number of nitrogens with zero attached hydrogens (tertiary/aromatic N) is 1. The third kappa shape index (κ3) is 1.31. The number of benzene rings is 1. The molecule has 0 N–H and O–H groups in total. The van der Waals surface area contributed by atoms with Gasteiger partial charge >= 0.3 is 0 Å². The van der Waals surface area contributed by atoms with Crippen molar-refractivity contribution in [1.29, 1.82) is 5.26 Å². The second-order valence-electron chi connectivity index (χ2n) is 4.01. The smallest absolute Gasteiger partial charge is 0.0822 e. The SMILES string of the molecule is Cc1cc(C2(C#N)CCC2)ccc1Cl. The Kier molecular flexibility index (Phi) is 2.25. The van der Waals surface area contributed by atoms with Gasteiger partial charge in [0.1, 0.15) is 0 Å². The minimum atomic E-state index is -0.213. The van der Waals surface area contributed by atoms with Crippen LogP contribution in [-0.2, 0) is 5.41 Å². The maximum Gasteiger partial charge on any atom is 0.0822 e. The lowest BCUT2D eigenvalue weighted by Gasteiger charge is -2.35. The molecule has 0 saturated heterocycles. The molecule has 72 valence electrons. The lowest BCUT2D eigenvalue weighted by molar-refractivity contribution is 0.324. The first kappa shape index (κ1) is 9.55. The molecule has 0 spiro atoms. The number of rotatable bonds is 1. The predicted molar refractivity (Wildman–Crippen MR) is 57.3 cm³/mol. The molecule has 14 heavy (non-hydrogen) atoms. The fraction of sp³-hybridized carbons (Fsp3) is 0.417. The maximum atomic E-state index is 9.17. The van der Waals surface area contributed by atoms with Crippen LogP contribution >= 0.6 is 11.6 Å². The molecule has 1 nitrogen and oxygen atoms in total. The molecule has 1 aliphatic carbocycles. The number of aryl methyl sites for hydroxylation is 1. The Labute approximate surface area is 89.3 Å². The Morgan fingerprint density at radius 3 is 2.57 bits per heavy atom. The summed E-state index contributed by atoms with van der Waals surface area (Å²) in [4.78, 5) is 0. The molecule has 0 bridgehead atoms. The average Bonchev–Trinajstić information content (AvgIpc) is 2.10. The molecule has 1 fully saturated rings. The van der Waals surface area contributed by atoms with Gasteiger partial charge in [0.05, 0.1) is 11.5 Å². The van der Waals surface area contributed by atoms with Crippen LogP contribution in [0.2, 0.25) is 5.02 Å². The standard InChI is InChI=1S/C12H12ClN/c1-9-7-10(3-4-11(9)13)12(8-14)5-2-6-12/h3-4,7H,2,5-6H2,1H3. The number of hydrogen-bond acceptors (Lipinski definition) is 1. The van der Waals surface area contributed by atoms with Crippen molar-refractivity contribution in [2.24, 2.45) is 0 Å². The van der Waals surface area contributed by atoms with E-state index in [1.54, 1.807) is 0 Å². The van der Waals surface area contributed by atoms with Crippen molar-refractivity contribution in [3.05, 3.63) is 34.3 Å². The van der Waals surface area contributed by atoms with Gasteiger partial charge in [-0.1, -0.05) is 23.7 Å². The second kappa shape index (κ2) is 3.29. The van der Waals surface area contributed by atoms with Crippen molar-refractivity contribution in [1.82, 2.24) is 0 Å². The molecule has 0 aliphatic heterocycles. The molecule has 1 saturated carbocycles. The van der Waals surface area contributed by atoms with E-state index in [0.717, 1.165) is 35.4 Å². The highest BCUT2D eigenvalue weighted by atomic mass is 35.5. The summed E-state index contributed by atoms with van der Waals surface area (Å²) in [6, 6.07) is 8.36. The summed E-state index contributed by atoms with van der Waals surface area (Å²) >= 11 is 5.95. The van der Waals surface area contributed by atoms with Gasteiger partial charge in [-0.25, -0.2) is 0 Å². The van der Waals surface area contributed by atoms with Gasteiger partial charge in [-0.15, -0.1) is 0 Å². The monoisotopic (exact) mass is 205 g/mol. The van der Waals surface area contributed by atoms with Crippen LogP contribution in [-0.4, -0.2) is 0 Å². The third-order valence-corrected chi connectivity index (χ3v) is 3.56. The van der Waals surface area contributed by atoms with Gasteiger partial charge in [0.25, 0.3) is 0 Å². The van der Waals surface area contributed by atoms with Crippen LogP contribution in [0.5, 0.6) is 0 Å². The lowest BCUT2D eigenvalue weighted by atomic mass is 9.65. The Bertz CT molecular complexity index is 399. The summed E-state index contributed by atoms with van der Waals surface area (Å²) in [6.45, 7) is 1.98. The average molecular weight is 206 g/mol. The van der Waals surface area contributed by atoms with Gasteiger partial charge in [-0.2, -0.15) is 5.26 Å². The van der Waals surface area contributed by atoms with E-state index in [4.69, 9.17) is 16.9 Å². The Morgan fingerprint density at radius 2 is 2.14 bits per heavy atom. The second-order valence-corrected chi connectivity index (χ2v) is 4.42. The fourth-order valence-corrected chi connectivity index (χ4v) is 2.06. The minimum absolute atomic E-state index is 0.213. The van der Waals surface area contributed by atoms with Crippen molar-refractivity contribution in [3.8, 4) is 6.07 Å².